The Bertz CT molecular complexity index is 909. The standard InChI is InChI=1S/C22H27N3O4/c1-14-10-16(14)18-9-8-15(28-18)11-24(3)13-21(26)25-12-20(22(27)23-2)29-19-7-5-4-6-17(19)25/h4-9,14,16,20H,10-13H2,1-3H3,(H,23,27). The number of fused-ring (bicyclic) bond motifs is 1. The van der Waals surface area contributed by atoms with Crippen molar-refractivity contribution in [1.82, 2.24) is 10.2 Å². The second-order valence-corrected chi connectivity index (χ2v) is 7.99. The molecule has 1 aromatic heterocycles. The minimum atomic E-state index is -0.725. The molecule has 3 atom stereocenters. The highest BCUT2D eigenvalue weighted by molar-refractivity contribution is 5.98. The number of furan rings is 1. The maximum Gasteiger partial charge on any atom is 0.262 e. The molecule has 154 valence electrons. The lowest BCUT2D eigenvalue weighted by Gasteiger charge is -2.34. The zero-order valence-corrected chi connectivity index (χ0v) is 17.1. The van der Waals surface area contributed by atoms with Crippen LogP contribution in [0.4, 0.5) is 5.69 Å². The first-order chi connectivity index (χ1) is 14.0. The summed E-state index contributed by atoms with van der Waals surface area (Å²) in [6, 6.07) is 11.3. The maximum absolute atomic E-state index is 13.1. The molecule has 1 N–H and O–H groups in total. The summed E-state index contributed by atoms with van der Waals surface area (Å²) in [6.07, 6.45) is 0.460. The van der Waals surface area contributed by atoms with Crippen LogP contribution in [0.25, 0.3) is 0 Å². The van der Waals surface area contributed by atoms with E-state index in [4.69, 9.17) is 9.15 Å². The molecule has 0 radical (unpaired) electrons. The van der Waals surface area contributed by atoms with E-state index >= 15 is 0 Å². The SMILES string of the molecule is CNC(=O)C1CN(C(=O)CN(C)Cc2ccc(C3CC3C)o2)c2ccccc2O1. The lowest BCUT2D eigenvalue weighted by molar-refractivity contribution is -0.128. The van der Waals surface area contributed by atoms with Crippen LogP contribution in [-0.2, 0) is 16.1 Å². The Morgan fingerprint density at radius 3 is 2.72 bits per heavy atom. The van der Waals surface area contributed by atoms with Crippen molar-refractivity contribution in [1.29, 1.82) is 0 Å². The van der Waals surface area contributed by atoms with Gasteiger partial charge in [-0.05, 0) is 43.7 Å². The van der Waals surface area contributed by atoms with Crippen molar-refractivity contribution >= 4 is 17.5 Å². The van der Waals surface area contributed by atoms with Gasteiger partial charge in [0.15, 0.2) is 6.10 Å². The number of carbonyl (C=O) groups excluding carboxylic acids is 2. The molecule has 1 aliphatic carbocycles. The van der Waals surface area contributed by atoms with Crippen molar-refractivity contribution in [2.75, 3.05) is 32.1 Å². The van der Waals surface area contributed by atoms with Crippen molar-refractivity contribution in [3.63, 3.8) is 0 Å². The molecule has 7 heteroatoms. The van der Waals surface area contributed by atoms with Crippen molar-refractivity contribution in [2.45, 2.75) is 31.9 Å². The third-order valence-corrected chi connectivity index (χ3v) is 5.60. The van der Waals surface area contributed by atoms with Crippen LogP contribution in [0.2, 0.25) is 0 Å². The van der Waals surface area contributed by atoms with Gasteiger partial charge in [-0.25, -0.2) is 0 Å². The molecule has 1 aliphatic heterocycles. The van der Waals surface area contributed by atoms with Gasteiger partial charge in [-0.15, -0.1) is 0 Å². The van der Waals surface area contributed by atoms with E-state index in [-0.39, 0.29) is 24.9 Å². The van der Waals surface area contributed by atoms with Gasteiger partial charge >= 0.3 is 0 Å². The van der Waals surface area contributed by atoms with E-state index in [9.17, 15) is 9.59 Å². The third kappa shape index (κ3) is 4.15. The van der Waals surface area contributed by atoms with Crippen LogP contribution in [0.1, 0.15) is 30.8 Å². The first-order valence-electron chi connectivity index (χ1n) is 10.0. The fourth-order valence-electron chi connectivity index (χ4n) is 3.80. The molecular formula is C22H27N3O4. The summed E-state index contributed by atoms with van der Waals surface area (Å²) in [5.74, 6) is 3.35. The largest absolute Gasteiger partial charge is 0.477 e. The number of nitrogens with one attached hydrogen (secondary N) is 1. The van der Waals surface area contributed by atoms with Crippen LogP contribution < -0.4 is 15.0 Å². The van der Waals surface area contributed by atoms with Crippen molar-refractivity contribution in [3.8, 4) is 5.75 Å². The predicted octanol–water partition coefficient (Wildman–Crippen LogP) is 2.38. The van der Waals surface area contributed by atoms with Crippen molar-refractivity contribution < 1.29 is 18.7 Å². The monoisotopic (exact) mass is 397 g/mol. The van der Waals surface area contributed by atoms with Gasteiger partial charge in [-0.2, -0.15) is 0 Å². The molecule has 1 aromatic carbocycles. The summed E-state index contributed by atoms with van der Waals surface area (Å²) < 4.78 is 11.7. The van der Waals surface area contributed by atoms with Crippen molar-refractivity contribution in [3.05, 3.63) is 47.9 Å². The Kier molecular flexibility index (Phi) is 5.32. The molecule has 2 heterocycles. The summed E-state index contributed by atoms with van der Waals surface area (Å²) >= 11 is 0. The van der Waals surface area contributed by atoms with E-state index in [1.807, 2.05) is 42.3 Å². The Labute approximate surface area is 170 Å². The van der Waals surface area contributed by atoms with Gasteiger partial charge in [0.05, 0.1) is 25.3 Å². The number of likely N-dealkylation sites (N-methyl/N-ethyl adjacent to an activating group) is 2. The first kappa shape index (κ1) is 19.5. The number of anilines is 1. The van der Waals surface area contributed by atoms with Gasteiger partial charge in [0, 0.05) is 13.0 Å². The summed E-state index contributed by atoms with van der Waals surface area (Å²) in [7, 11) is 3.45. The van der Waals surface area contributed by atoms with E-state index in [0.717, 1.165) is 11.5 Å². The Morgan fingerprint density at radius 2 is 2.00 bits per heavy atom. The molecule has 1 saturated carbocycles. The van der Waals surface area contributed by atoms with E-state index in [1.54, 1.807) is 18.0 Å². The van der Waals surface area contributed by atoms with Crippen LogP contribution in [0.3, 0.4) is 0 Å². The maximum atomic E-state index is 13.1. The highest BCUT2D eigenvalue weighted by Crippen LogP contribution is 2.47. The lowest BCUT2D eigenvalue weighted by atomic mass is 10.1. The van der Waals surface area contributed by atoms with Crippen molar-refractivity contribution in [2.24, 2.45) is 5.92 Å². The molecule has 29 heavy (non-hydrogen) atoms. The minimum absolute atomic E-state index is 0.0836. The Balaban J connectivity index is 1.42. The molecule has 4 rings (SSSR count). The molecule has 2 aromatic rings. The molecule has 0 bridgehead atoms. The molecule has 2 amide bonds. The second-order valence-electron chi connectivity index (χ2n) is 7.99. The molecule has 0 saturated heterocycles. The molecular weight excluding hydrogens is 370 g/mol. The molecule has 3 unspecified atom stereocenters. The molecule has 1 fully saturated rings. The normalized spacial score (nSPS) is 22.8. The lowest BCUT2D eigenvalue weighted by Crippen LogP contribution is -2.51. The number of hydrogen-bond acceptors (Lipinski definition) is 5. The number of amides is 2. The Morgan fingerprint density at radius 1 is 1.24 bits per heavy atom. The summed E-state index contributed by atoms with van der Waals surface area (Å²) in [5, 5.41) is 2.59. The fourth-order valence-corrected chi connectivity index (χ4v) is 3.80. The van der Waals surface area contributed by atoms with Gasteiger partial charge in [0.1, 0.15) is 17.3 Å². The molecule has 7 nitrogen and oxygen atoms in total. The number of nitrogens with zero attached hydrogens (tertiary/aromatic N) is 2. The van der Waals surface area contributed by atoms with E-state index < -0.39 is 6.10 Å². The number of hydrogen-bond donors (Lipinski definition) is 1. The average molecular weight is 397 g/mol. The van der Waals surface area contributed by atoms with Gasteiger partial charge in [0.2, 0.25) is 5.91 Å². The minimum Gasteiger partial charge on any atom is -0.477 e. The zero-order valence-electron chi connectivity index (χ0n) is 17.1. The van der Waals surface area contributed by atoms with E-state index in [0.29, 0.717) is 29.8 Å². The van der Waals surface area contributed by atoms with Gasteiger partial charge in [-0.3, -0.25) is 14.5 Å². The summed E-state index contributed by atoms with van der Waals surface area (Å²) in [4.78, 5) is 28.7. The average Bonchev–Trinajstić information content (AvgIpc) is 3.27. The van der Waals surface area contributed by atoms with Gasteiger partial charge < -0.3 is 19.4 Å². The third-order valence-electron chi connectivity index (χ3n) is 5.60. The quantitative estimate of drug-likeness (QED) is 0.810. The number of carbonyl (C=O) groups is 2. The van der Waals surface area contributed by atoms with Gasteiger partial charge in [-0.1, -0.05) is 19.1 Å². The summed E-state index contributed by atoms with van der Waals surface area (Å²) in [5.41, 5.74) is 0.689. The Hall–Kier alpha value is -2.80. The highest BCUT2D eigenvalue weighted by Gasteiger charge is 2.37. The highest BCUT2D eigenvalue weighted by atomic mass is 16.5. The molecule has 2 aliphatic rings. The first-order valence-corrected chi connectivity index (χ1v) is 10.0. The van der Waals surface area contributed by atoms with E-state index in [2.05, 4.69) is 12.2 Å². The summed E-state index contributed by atoms with van der Waals surface area (Å²) in [6.45, 7) is 3.18. The number of benzene rings is 1. The smallest absolute Gasteiger partial charge is 0.262 e. The van der Waals surface area contributed by atoms with Crippen LogP contribution in [-0.4, -0.2) is 50.0 Å². The fraction of sp³-hybridized carbons (Fsp3) is 0.455. The zero-order chi connectivity index (χ0) is 20.5. The number of ether oxygens (including phenoxy) is 1. The van der Waals surface area contributed by atoms with Crippen LogP contribution in [0, 0.1) is 5.92 Å². The number of para-hydroxylation sites is 2. The number of rotatable bonds is 6. The second kappa shape index (κ2) is 7.91. The van der Waals surface area contributed by atoms with E-state index in [1.165, 1.54) is 6.42 Å². The van der Waals surface area contributed by atoms with Crippen LogP contribution in [0.5, 0.6) is 5.75 Å². The predicted molar refractivity (Wildman–Crippen MR) is 109 cm³/mol. The topological polar surface area (TPSA) is 75.0 Å². The van der Waals surface area contributed by atoms with Crippen LogP contribution >= 0.6 is 0 Å². The van der Waals surface area contributed by atoms with Gasteiger partial charge in [0.25, 0.3) is 5.91 Å². The molecule has 0 spiro atoms. The van der Waals surface area contributed by atoms with Crippen LogP contribution in [0.15, 0.2) is 40.8 Å².